The number of allylic oxidation sites excluding steroid dienone is 1. The minimum absolute atomic E-state index is 0.429. The van der Waals surface area contributed by atoms with E-state index in [1.165, 1.54) is 0 Å². The van der Waals surface area contributed by atoms with Crippen molar-refractivity contribution < 1.29 is 9.47 Å². The minimum Gasteiger partial charge on any atom is -0.489 e. The normalized spacial score (nSPS) is 15.6. The van der Waals surface area contributed by atoms with Crippen LogP contribution in [-0.2, 0) is 0 Å². The molecule has 0 bridgehead atoms. The van der Waals surface area contributed by atoms with Crippen LogP contribution in [0.5, 0.6) is 17.2 Å². The van der Waals surface area contributed by atoms with Gasteiger partial charge in [-0.3, -0.25) is 4.98 Å². The Bertz CT molecular complexity index is 1320. The molecular weight excluding hydrogens is 486 g/mol. The van der Waals surface area contributed by atoms with Crippen LogP contribution in [0.3, 0.4) is 0 Å². The first-order valence-electron chi connectivity index (χ1n) is 14.0. The number of pyridine rings is 2. The van der Waals surface area contributed by atoms with Crippen LogP contribution in [0.2, 0.25) is 0 Å². The maximum atomic E-state index is 6.19. The topological polar surface area (TPSA) is 71.9 Å². The molecule has 1 atom stereocenters. The van der Waals surface area contributed by atoms with Gasteiger partial charge in [0.15, 0.2) is 17.4 Å². The number of unbranched alkanes of at least 4 members (excludes halogenated alkanes) is 1. The Morgan fingerprint density at radius 2 is 2.00 bits per heavy atom. The molecule has 0 saturated heterocycles. The van der Waals surface area contributed by atoms with Gasteiger partial charge >= 0.3 is 0 Å². The highest BCUT2D eigenvalue weighted by atomic mass is 16.5. The van der Waals surface area contributed by atoms with E-state index in [1.807, 2.05) is 50.4 Å². The van der Waals surface area contributed by atoms with Crippen LogP contribution in [0.1, 0.15) is 62.5 Å². The molecule has 1 aliphatic heterocycles. The average molecular weight is 528 g/mol. The zero-order valence-electron chi connectivity index (χ0n) is 24.1. The molecule has 1 aliphatic rings. The molecule has 0 fully saturated rings. The van der Waals surface area contributed by atoms with E-state index < -0.39 is 0 Å². The number of nitrogens with zero attached hydrogens (tertiary/aromatic N) is 4. The standard InChI is InChI=1S/C32H41N5O2/c1-7-9-15-33-31(35-26-12-14-28(23(4)17-26)39-27-13-11-25(6)34-19-27)30-24(5)18-29-32(36-30)37(16-10-8-2)20-22(3)21-38-29/h9,11-15,17-19,22H,7-8,10,16,20-21H2,1-6H3,(H,33,35)/b15-9+. The lowest BCUT2D eigenvalue weighted by Crippen LogP contribution is -2.30. The molecular formula is C32H41N5O2. The van der Waals surface area contributed by atoms with Crippen molar-refractivity contribution in [1.82, 2.24) is 9.97 Å². The molecule has 7 nitrogen and oxygen atoms in total. The van der Waals surface area contributed by atoms with E-state index in [9.17, 15) is 0 Å². The molecule has 0 saturated carbocycles. The molecule has 4 rings (SSSR count). The van der Waals surface area contributed by atoms with Gasteiger partial charge < -0.3 is 19.7 Å². The highest BCUT2D eigenvalue weighted by Gasteiger charge is 2.24. The SMILES string of the molecule is CC/C=C/N=C(Nc1ccc(Oc2ccc(C)nc2)c(C)c1)c1nc2c(cc1C)OCC(C)CN2CCCC. The number of hydrogen-bond acceptors (Lipinski definition) is 6. The van der Waals surface area contributed by atoms with Gasteiger partial charge in [-0.05, 0) is 81.1 Å². The summed E-state index contributed by atoms with van der Waals surface area (Å²) in [5.74, 6) is 4.37. The summed E-state index contributed by atoms with van der Waals surface area (Å²) < 4.78 is 12.3. The summed E-state index contributed by atoms with van der Waals surface area (Å²) >= 11 is 0. The van der Waals surface area contributed by atoms with Gasteiger partial charge in [-0.25, -0.2) is 9.98 Å². The molecule has 1 aromatic carbocycles. The van der Waals surface area contributed by atoms with Crippen LogP contribution >= 0.6 is 0 Å². The van der Waals surface area contributed by atoms with Crippen molar-refractivity contribution >= 4 is 17.3 Å². The van der Waals surface area contributed by atoms with E-state index in [0.717, 1.165) is 77.9 Å². The average Bonchev–Trinajstić information content (AvgIpc) is 3.07. The molecule has 7 heteroatoms. The molecule has 0 spiro atoms. The smallest absolute Gasteiger partial charge is 0.172 e. The third kappa shape index (κ3) is 7.37. The van der Waals surface area contributed by atoms with Crippen molar-refractivity contribution in [3.05, 3.63) is 77.4 Å². The Kier molecular flexibility index (Phi) is 9.58. The second kappa shape index (κ2) is 13.3. The molecule has 1 unspecified atom stereocenters. The van der Waals surface area contributed by atoms with Gasteiger partial charge in [-0.2, -0.15) is 0 Å². The number of fused-ring (bicyclic) bond motifs is 1. The zero-order chi connectivity index (χ0) is 27.8. The van der Waals surface area contributed by atoms with Gasteiger partial charge in [-0.15, -0.1) is 0 Å². The Hall–Kier alpha value is -3.87. The summed E-state index contributed by atoms with van der Waals surface area (Å²) in [6, 6.07) is 12.0. The Morgan fingerprint density at radius 1 is 1.15 bits per heavy atom. The Labute approximate surface area is 233 Å². The summed E-state index contributed by atoms with van der Waals surface area (Å²) in [6.07, 6.45) is 8.78. The van der Waals surface area contributed by atoms with Gasteiger partial charge in [0.2, 0.25) is 0 Å². The second-order valence-electron chi connectivity index (χ2n) is 10.3. The van der Waals surface area contributed by atoms with E-state index in [1.54, 1.807) is 6.20 Å². The highest BCUT2D eigenvalue weighted by Crippen LogP contribution is 2.33. The predicted molar refractivity (Wildman–Crippen MR) is 161 cm³/mol. The van der Waals surface area contributed by atoms with Gasteiger partial charge in [0.05, 0.1) is 12.8 Å². The monoisotopic (exact) mass is 527 g/mol. The third-order valence-corrected chi connectivity index (χ3v) is 6.61. The number of nitrogens with one attached hydrogen (secondary N) is 1. The van der Waals surface area contributed by atoms with Gasteiger partial charge in [0.25, 0.3) is 0 Å². The summed E-state index contributed by atoms with van der Waals surface area (Å²) in [5.41, 5.74) is 4.70. The van der Waals surface area contributed by atoms with Gasteiger partial charge in [0, 0.05) is 36.6 Å². The molecule has 0 amide bonds. The molecule has 39 heavy (non-hydrogen) atoms. The van der Waals surface area contributed by atoms with Gasteiger partial charge in [-0.1, -0.05) is 33.3 Å². The number of amidine groups is 1. The number of aryl methyl sites for hydroxylation is 3. The number of ether oxygens (including phenoxy) is 2. The first kappa shape index (κ1) is 28.1. The van der Waals surface area contributed by atoms with Crippen molar-refractivity contribution in [2.24, 2.45) is 10.9 Å². The lowest BCUT2D eigenvalue weighted by atomic mass is 10.1. The van der Waals surface area contributed by atoms with E-state index >= 15 is 0 Å². The summed E-state index contributed by atoms with van der Waals surface area (Å²) in [4.78, 5) is 16.7. The second-order valence-corrected chi connectivity index (χ2v) is 10.3. The lowest BCUT2D eigenvalue weighted by Gasteiger charge is -2.25. The molecule has 0 radical (unpaired) electrons. The number of aliphatic imine (C=N–C) groups is 1. The maximum Gasteiger partial charge on any atom is 0.172 e. The maximum absolute atomic E-state index is 6.19. The van der Waals surface area contributed by atoms with Crippen LogP contribution in [0.4, 0.5) is 11.5 Å². The number of aromatic nitrogens is 2. The molecule has 3 heterocycles. The zero-order valence-corrected chi connectivity index (χ0v) is 24.1. The van der Waals surface area contributed by atoms with Crippen LogP contribution in [0.25, 0.3) is 0 Å². The van der Waals surface area contributed by atoms with Crippen LogP contribution < -0.4 is 19.7 Å². The first-order valence-corrected chi connectivity index (χ1v) is 14.0. The number of hydrogen-bond donors (Lipinski definition) is 1. The summed E-state index contributed by atoms with van der Waals surface area (Å²) in [5, 5.41) is 3.53. The van der Waals surface area contributed by atoms with Crippen LogP contribution in [-0.4, -0.2) is 35.5 Å². The largest absolute Gasteiger partial charge is 0.489 e. The fourth-order valence-electron chi connectivity index (χ4n) is 4.45. The first-order chi connectivity index (χ1) is 18.9. The molecule has 206 valence electrons. The number of benzene rings is 1. The lowest BCUT2D eigenvalue weighted by molar-refractivity contribution is 0.273. The van der Waals surface area contributed by atoms with E-state index in [4.69, 9.17) is 19.5 Å². The Balaban J connectivity index is 1.65. The molecule has 1 N–H and O–H groups in total. The van der Waals surface area contributed by atoms with Crippen LogP contribution in [0, 0.1) is 26.7 Å². The Morgan fingerprint density at radius 3 is 2.72 bits per heavy atom. The van der Waals surface area contributed by atoms with Gasteiger partial charge in [0.1, 0.15) is 17.2 Å². The van der Waals surface area contributed by atoms with E-state index in [0.29, 0.717) is 24.1 Å². The molecule has 0 aliphatic carbocycles. The fraction of sp³-hybridized carbons (Fsp3) is 0.406. The van der Waals surface area contributed by atoms with Crippen molar-refractivity contribution in [1.29, 1.82) is 0 Å². The number of anilines is 2. The molecule has 3 aromatic rings. The van der Waals surface area contributed by atoms with Crippen LogP contribution in [0.15, 0.2) is 59.9 Å². The predicted octanol–water partition coefficient (Wildman–Crippen LogP) is 7.61. The van der Waals surface area contributed by atoms with E-state index in [2.05, 4.69) is 55.0 Å². The molecule has 2 aromatic heterocycles. The van der Waals surface area contributed by atoms with E-state index in [-0.39, 0.29) is 0 Å². The number of rotatable bonds is 9. The summed E-state index contributed by atoms with van der Waals surface area (Å²) in [6.45, 7) is 15.2. The van der Waals surface area contributed by atoms with Crippen molar-refractivity contribution in [2.75, 3.05) is 29.9 Å². The van der Waals surface area contributed by atoms with Crippen molar-refractivity contribution in [3.63, 3.8) is 0 Å². The quantitative estimate of drug-likeness (QED) is 0.228. The third-order valence-electron chi connectivity index (χ3n) is 6.61. The van der Waals surface area contributed by atoms with Crippen molar-refractivity contribution in [3.8, 4) is 17.2 Å². The summed E-state index contributed by atoms with van der Waals surface area (Å²) in [7, 11) is 0. The highest BCUT2D eigenvalue weighted by molar-refractivity contribution is 6.08. The fourth-order valence-corrected chi connectivity index (χ4v) is 4.45. The minimum atomic E-state index is 0.429. The van der Waals surface area contributed by atoms with Crippen molar-refractivity contribution in [2.45, 2.75) is 60.8 Å².